The second-order valence-corrected chi connectivity index (χ2v) is 5.52. The molecule has 1 aliphatic heterocycles. The number of para-hydroxylation sites is 2. The van der Waals surface area contributed by atoms with Crippen LogP contribution in [0.1, 0.15) is 18.1 Å². The van der Waals surface area contributed by atoms with E-state index in [1.807, 2.05) is 18.2 Å². The van der Waals surface area contributed by atoms with Gasteiger partial charge in [0.1, 0.15) is 6.07 Å². The van der Waals surface area contributed by atoms with Crippen LogP contribution in [-0.2, 0) is 11.2 Å². The number of hydrogen-bond donors (Lipinski definition) is 1. The molecule has 1 atom stereocenters. The summed E-state index contributed by atoms with van der Waals surface area (Å²) in [5, 5.41) is 11.9. The van der Waals surface area contributed by atoms with Crippen LogP contribution in [-0.4, -0.2) is 18.5 Å². The molecule has 4 nitrogen and oxygen atoms in total. The zero-order chi connectivity index (χ0) is 15.5. The normalized spacial score (nSPS) is 16.0. The van der Waals surface area contributed by atoms with Gasteiger partial charge < -0.3 is 10.2 Å². The van der Waals surface area contributed by atoms with E-state index in [1.165, 1.54) is 5.56 Å². The topological polar surface area (TPSA) is 56.1 Å². The molecule has 0 fully saturated rings. The van der Waals surface area contributed by atoms with Gasteiger partial charge >= 0.3 is 0 Å². The van der Waals surface area contributed by atoms with Crippen molar-refractivity contribution in [2.75, 3.05) is 16.8 Å². The Hall–Kier alpha value is -2.80. The van der Waals surface area contributed by atoms with Crippen molar-refractivity contribution in [2.45, 2.75) is 19.4 Å². The summed E-state index contributed by atoms with van der Waals surface area (Å²) in [5.41, 5.74) is 3.44. The summed E-state index contributed by atoms with van der Waals surface area (Å²) in [6.07, 6.45) is 0.957. The first-order valence-corrected chi connectivity index (χ1v) is 7.32. The number of anilines is 2. The molecule has 1 N–H and O–H groups in total. The van der Waals surface area contributed by atoms with Crippen LogP contribution in [0.4, 0.5) is 11.4 Å². The van der Waals surface area contributed by atoms with Gasteiger partial charge in [0, 0.05) is 11.7 Å². The van der Waals surface area contributed by atoms with Crippen molar-refractivity contribution in [3.8, 4) is 6.07 Å². The van der Waals surface area contributed by atoms with E-state index in [4.69, 9.17) is 5.26 Å². The Balaban J connectivity index is 1.74. The lowest BCUT2D eigenvalue weighted by atomic mass is 10.1. The molecule has 1 amide bonds. The van der Waals surface area contributed by atoms with E-state index < -0.39 is 0 Å². The zero-order valence-electron chi connectivity index (χ0n) is 12.4. The van der Waals surface area contributed by atoms with Gasteiger partial charge in [0.05, 0.1) is 17.8 Å². The first-order chi connectivity index (χ1) is 10.7. The Morgan fingerprint density at radius 3 is 2.82 bits per heavy atom. The highest BCUT2D eigenvalue weighted by atomic mass is 16.2. The number of carbonyl (C=O) groups is 1. The summed E-state index contributed by atoms with van der Waals surface area (Å²) in [5.74, 6) is -0.105. The van der Waals surface area contributed by atoms with Gasteiger partial charge in [0.25, 0.3) is 0 Å². The Labute approximate surface area is 130 Å². The zero-order valence-corrected chi connectivity index (χ0v) is 12.4. The third-order valence-corrected chi connectivity index (χ3v) is 3.98. The average molecular weight is 291 g/mol. The van der Waals surface area contributed by atoms with Crippen molar-refractivity contribution in [1.82, 2.24) is 0 Å². The van der Waals surface area contributed by atoms with E-state index >= 15 is 0 Å². The summed E-state index contributed by atoms with van der Waals surface area (Å²) in [4.78, 5) is 14.4. The summed E-state index contributed by atoms with van der Waals surface area (Å²) in [7, 11) is 0. The monoisotopic (exact) mass is 291 g/mol. The molecule has 0 aliphatic carbocycles. The van der Waals surface area contributed by atoms with E-state index in [-0.39, 0.29) is 12.5 Å². The van der Waals surface area contributed by atoms with Gasteiger partial charge in [-0.25, -0.2) is 0 Å². The number of nitrogens with zero attached hydrogens (tertiary/aromatic N) is 2. The maximum Gasteiger partial charge on any atom is 0.243 e. The van der Waals surface area contributed by atoms with Gasteiger partial charge in [0.15, 0.2) is 0 Å². The van der Waals surface area contributed by atoms with Crippen molar-refractivity contribution in [3.63, 3.8) is 0 Å². The van der Waals surface area contributed by atoms with Crippen molar-refractivity contribution >= 4 is 17.3 Å². The number of benzene rings is 2. The second-order valence-electron chi connectivity index (χ2n) is 5.52. The van der Waals surface area contributed by atoms with Gasteiger partial charge in [-0.1, -0.05) is 30.3 Å². The predicted molar refractivity (Wildman–Crippen MR) is 86.7 cm³/mol. The number of carbonyl (C=O) groups excluding carboxylic acids is 1. The molecule has 1 heterocycles. The molecule has 0 spiro atoms. The quantitative estimate of drug-likeness (QED) is 0.946. The lowest BCUT2D eigenvalue weighted by Gasteiger charge is -2.24. The SMILES string of the molecule is C[C@@H]1Cc2ccccc2N1CC(=O)Nc1ccccc1C#N. The molecule has 0 saturated heterocycles. The van der Waals surface area contributed by atoms with Crippen LogP contribution in [0.3, 0.4) is 0 Å². The average Bonchev–Trinajstić information content (AvgIpc) is 2.84. The first-order valence-electron chi connectivity index (χ1n) is 7.32. The minimum absolute atomic E-state index is 0.105. The van der Waals surface area contributed by atoms with Gasteiger partial charge in [-0.15, -0.1) is 0 Å². The van der Waals surface area contributed by atoms with Crippen LogP contribution in [0.5, 0.6) is 0 Å². The van der Waals surface area contributed by atoms with E-state index in [1.54, 1.807) is 18.2 Å². The Kier molecular flexibility index (Phi) is 3.80. The molecule has 110 valence electrons. The second kappa shape index (κ2) is 5.90. The third kappa shape index (κ3) is 2.66. The van der Waals surface area contributed by atoms with E-state index in [2.05, 4.69) is 35.3 Å². The number of fused-ring (bicyclic) bond motifs is 1. The molecule has 0 unspecified atom stereocenters. The molecule has 2 aromatic carbocycles. The number of nitrogens with one attached hydrogen (secondary N) is 1. The fraction of sp³-hybridized carbons (Fsp3) is 0.222. The van der Waals surface area contributed by atoms with Crippen LogP contribution in [0.15, 0.2) is 48.5 Å². The van der Waals surface area contributed by atoms with Gasteiger partial charge in [0.2, 0.25) is 5.91 Å². The van der Waals surface area contributed by atoms with Crippen LogP contribution < -0.4 is 10.2 Å². The minimum Gasteiger partial charge on any atom is -0.359 e. The van der Waals surface area contributed by atoms with Crippen molar-refractivity contribution in [1.29, 1.82) is 5.26 Å². The number of amides is 1. The van der Waals surface area contributed by atoms with Gasteiger partial charge in [-0.2, -0.15) is 5.26 Å². The standard InChI is InChI=1S/C18H17N3O/c1-13-10-14-6-3-5-9-17(14)21(13)12-18(22)20-16-8-4-2-7-15(16)11-19/h2-9,13H,10,12H2,1H3,(H,20,22)/t13-/m1/s1. The van der Waals surface area contributed by atoms with Gasteiger partial charge in [-0.05, 0) is 37.1 Å². The highest BCUT2D eigenvalue weighted by Gasteiger charge is 2.27. The fourth-order valence-corrected chi connectivity index (χ4v) is 2.90. The smallest absolute Gasteiger partial charge is 0.243 e. The maximum absolute atomic E-state index is 12.3. The summed E-state index contributed by atoms with van der Waals surface area (Å²) < 4.78 is 0. The van der Waals surface area contributed by atoms with Gasteiger partial charge in [-0.3, -0.25) is 4.79 Å². The maximum atomic E-state index is 12.3. The highest BCUT2D eigenvalue weighted by Crippen LogP contribution is 2.31. The molecule has 4 heteroatoms. The number of nitriles is 1. The molecule has 2 aromatic rings. The minimum atomic E-state index is -0.105. The number of hydrogen-bond acceptors (Lipinski definition) is 3. The molecular weight excluding hydrogens is 274 g/mol. The lowest BCUT2D eigenvalue weighted by molar-refractivity contribution is -0.115. The van der Waals surface area contributed by atoms with Crippen molar-refractivity contribution < 1.29 is 4.79 Å². The van der Waals surface area contributed by atoms with Crippen LogP contribution >= 0.6 is 0 Å². The molecule has 0 radical (unpaired) electrons. The number of rotatable bonds is 3. The van der Waals surface area contributed by atoms with E-state index in [9.17, 15) is 4.79 Å². The third-order valence-electron chi connectivity index (χ3n) is 3.98. The van der Waals surface area contributed by atoms with Crippen molar-refractivity contribution in [3.05, 3.63) is 59.7 Å². The molecule has 0 bridgehead atoms. The Morgan fingerprint density at radius 2 is 2.00 bits per heavy atom. The summed E-state index contributed by atoms with van der Waals surface area (Å²) in [6, 6.07) is 17.6. The molecule has 0 saturated carbocycles. The van der Waals surface area contributed by atoms with Crippen LogP contribution in [0, 0.1) is 11.3 Å². The Morgan fingerprint density at radius 1 is 1.27 bits per heavy atom. The largest absolute Gasteiger partial charge is 0.359 e. The molecule has 1 aliphatic rings. The summed E-state index contributed by atoms with van der Waals surface area (Å²) >= 11 is 0. The summed E-state index contributed by atoms with van der Waals surface area (Å²) in [6.45, 7) is 2.41. The first kappa shape index (κ1) is 14.2. The molecule has 3 rings (SSSR count). The highest BCUT2D eigenvalue weighted by molar-refractivity contribution is 5.95. The molecule has 0 aromatic heterocycles. The Bertz CT molecular complexity index is 748. The van der Waals surface area contributed by atoms with Crippen molar-refractivity contribution in [2.24, 2.45) is 0 Å². The molecular formula is C18H17N3O. The molecule has 22 heavy (non-hydrogen) atoms. The fourth-order valence-electron chi connectivity index (χ4n) is 2.90. The predicted octanol–water partition coefficient (Wildman–Crippen LogP) is 2.95. The van der Waals surface area contributed by atoms with E-state index in [0.29, 0.717) is 17.3 Å². The van der Waals surface area contributed by atoms with E-state index in [0.717, 1.165) is 12.1 Å². The lowest BCUT2D eigenvalue weighted by Crippen LogP contribution is -2.37. The van der Waals surface area contributed by atoms with Crippen LogP contribution in [0.2, 0.25) is 0 Å². The van der Waals surface area contributed by atoms with Crippen LogP contribution in [0.25, 0.3) is 0 Å².